The van der Waals surface area contributed by atoms with E-state index in [1.165, 1.54) is 16.3 Å². The lowest BCUT2D eigenvalue weighted by Gasteiger charge is -2.26. The Morgan fingerprint density at radius 1 is 0.366 bits per heavy atom. The monoisotopic (exact) mass is 527 g/mol. The van der Waals surface area contributed by atoms with Crippen LogP contribution in [0.15, 0.2) is 176 Å². The van der Waals surface area contributed by atoms with Gasteiger partial charge in [-0.25, -0.2) is 0 Å². The van der Waals surface area contributed by atoms with Gasteiger partial charge in [0.25, 0.3) is 0 Å². The molecule has 0 N–H and O–H groups in total. The van der Waals surface area contributed by atoms with Gasteiger partial charge in [0.2, 0.25) is 0 Å². The fourth-order valence-corrected chi connectivity index (χ4v) is 5.30. The van der Waals surface area contributed by atoms with Crippen molar-refractivity contribution in [2.24, 2.45) is 0 Å². The van der Waals surface area contributed by atoms with Crippen molar-refractivity contribution in [1.82, 2.24) is 0 Å². The molecule has 194 valence electrons. The SMILES string of the molecule is [2H]c1c([2H])c(N(c2ccccc2)c2ccc(-c3cccc(-c4cccc5ccccc45)c3)cc2)c([2H])c([2H])c1-c1ccccc1. The van der Waals surface area contributed by atoms with Crippen molar-refractivity contribution in [2.75, 3.05) is 4.90 Å². The predicted molar refractivity (Wildman–Crippen MR) is 175 cm³/mol. The van der Waals surface area contributed by atoms with E-state index in [2.05, 4.69) is 66.7 Å². The van der Waals surface area contributed by atoms with Crippen LogP contribution in [0.25, 0.3) is 44.2 Å². The van der Waals surface area contributed by atoms with Crippen LogP contribution in [0.3, 0.4) is 0 Å². The average Bonchev–Trinajstić information content (AvgIpc) is 3.10. The molecule has 0 amide bonds. The molecule has 0 saturated heterocycles. The Morgan fingerprint density at radius 3 is 1.71 bits per heavy atom. The first-order valence-electron chi connectivity index (χ1n) is 15.7. The molecule has 0 atom stereocenters. The van der Waals surface area contributed by atoms with Gasteiger partial charge in [-0.3, -0.25) is 0 Å². The minimum absolute atomic E-state index is 0.0694. The van der Waals surface area contributed by atoms with Gasteiger partial charge in [-0.2, -0.15) is 0 Å². The molecule has 0 aliphatic heterocycles. The average molecular weight is 528 g/mol. The molecular formula is C40H29N. The van der Waals surface area contributed by atoms with E-state index in [-0.39, 0.29) is 29.9 Å². The van der Waals surface area contributed by atoms with E-state index in [0.29, 0.717) is 11.1 Å². The Labute approximate surface area is 247 Å². The van der Waals surface area contributed by atoms with Crippen LogP contribution >= 0.6 is 0 Å². The Kier molecular flexibility index (Phi) is 5.50. The van der Waals surface area contributed by atoms with Crippen molar-refractivity contribution in [3.63, 3.8) is 0 Å². The Bertz CT molecular complexity index is 2110. The first-order valence-corrected chi connectivity index (χ1v) is 13.7. The van der Waals surface area contributed by atoms with E-state index in [4.69, 9.17) is 5.48 Å². The third-order valence-electron chi connectivity index (χ3n) is 7.33. The molecule has 0 aliphatic rings. The number of anilines is 3. The molecule has 1 heteroatoms. The quantitative estimate of drug-likeness (QED) is 0.208. The zero-order valence-electron chi connectivity index (χ0n) is 26.4. The van der Waals surface area contributed by atoms with Gasteiger partial charge in [0.1, 0.15) is 0 Å². The molecule has 0 bridgehead atoms. The molecule has 0 unspecified atom stereocenters. The smallest absolute Gasteiger partial charge is 0.0645 e. The highest BCUT2D eigenvalue weighted by atomic mass is 15.1. The Morgan fingerprint density at radius 2 is 0.927 bits per heavy atom. The predicted octanol–water partition coefficient (Wildman–Crippen LogP) is 11.3. The van der Waals surface area contributed by atoms with Crippen LogP contribution in [0.2, 0.25) is 0 Å². The maximum absolute atomic E-state index is 9.06. The van der Waals surface area contributed by atoms with Gasteiger partial charge in [-0.15, -0.1) is 0 Å². The first-order chi connectivity index (χ1) is 22.0. The van der Waals surface area contributed by atoms with Crippen LogP contribution < -0.4 is 4.90 Å². The Balaban J connectivity index is 1.32. The highest BCUT2D eigenvalue weighted by molar-refractivity contribution is 5.97. The molecule has 0 spiro atoms. The van der Waals surface area contributed by atoms with Crippen LogP contribution in [0.5, 0.6) is 0 Å². The van der Waals surface area contributed by atoms with Gasteiger partial charge < -0.3 is 4.90 Å². The zero-order chi connectivity index (χ0) is 30.9. The molecule has 7 aromatic carbocycles. The second-order valence-electron chi connectivity index (χ2n) is 9.91. The maximum atomic E-state index is 9.06. The third-order valence-corrected chi connectivity index (χ3v) is 7.33. The number of para-hydroxylation sites is 1. The van der Waals surface area contributed by atoms with Gasteiger partial charge in [-0.1, -0.05) is 133 Å². The largest absolute Gasteiger partial charge is 0.311 e. The normalized spacial score (nSPS) is 12.3. The standard InChI is InChI=1S/C40H29N/c1-3-11-30(12-4-1)31-21-25-37(26-22-31)41(36-17-5-2-6-18-36)38-27-23-32(24-28-38)34-15-9-16-35(29-34)40-20-10-14-33-13-7-8-19-39(33)40/h1-29H/i21D,22D,25D,26D. The summed E-state index contributed by atoms with van der Waals surface area (Å²) in [5.41, 5.74) is 7.08. The fourth-order valence-electron chi connectivity index (χ4n) is 5.30. The van der Waals surface area contributed by atoms with Crippen LogP contribution in [-0.2, 0) is 0 Å². The highest BCUT2D eigenvalue weighted by Crippen LogP contribution is 2.37. The van der Waals surface area contributed by atoms with Gasteiger partial charge in [0.15, 0.2) is 0 Å². The minimum atomic E-state index is -0.0921. The molecule has 7 rings (SSSR count). The highest BCUT2D eigenvalue weighted by Gasteiger charge is 2.13. The lowest BCUT2D eigenvalue weighted by atomic mass is 9.95. The van der Waals surface area contributed by atoms with Crippen molar-refractivity contribution in [1.29, 1.82) is 0 Å². The van der Waals surface area contributed by atoms with Crippen molar-refractivity contribution in [3.05, 3.63) is 176 Å². The van der Waals surface area contributed by atoms with E-state index < -0.39 is 0 Å². The van der Waals surface area contributed by atoms with Crippen LogP contribution in [0.4, 0.5) is 17.1 Å². The molecule has 0 heterocycles. The molecule has 0 radical (unpaired) electrons. The van der Waals surface area contributed by atoms with Gasteiger partial charge in [0.05, 0.1) is 5.48 Å². The van der Waals surface area contributed by atoms with Crippen LogP contribution in [-0.4, -0.2) is 0 Å². The summed E-state index contributed by atoms with van der Waals surface area (Å²) in [7, 11) is 0. The molecule has 0 aliphatic carbocycles. The lowest BCUT2D eigenvalue weighted by Crippen LogP contribution is -2.09. The summed E-state index contributed by atoms with van der Waals surface area (Å²) in [4.78, 5) is 1.81. The van der Waals surface area contributed by atoms with E-state index in [9.17, 15) is 0 Å². The first kappa shape index (κ1) is 20.5. The summed E-state index contributed by atoms with van der Waals surface area (Å²) in [6.07, 6.45) is 0. The Hall–Kier alpha value is -5.40. The van der Waals surface area contributed by atoms with Crippen molar-refractivity contribution < 1.29 is 5.48 Å². The topological polar surface area (TPSA) is 3.24 Å². The number of hydrogen-bond donors (Lipinski definition) is 0. The molecule has 41 heavy (non-hydrogen) atoms. The van der Waals surface area contributed by atoms with E-state index in [1.807, 2.05) is 89.8 Å². The number of nitrogens with zero attached hydrogens (tertiary/aromatic N) is 1. The number of hydrogen-bond acceptors (Lipinski definition) is 1. The van der Waals surface area contributed by atoms with E-state index >= 15 is 0 Å². The second-order valence-corrected chi connectivity index (χ2v) is 9.91. The number of rotatable bonds is 6. The fraction of sp³-hybridized carbons (Fsp3) is 0. The number of benzene rings is 7. The summed E-state index contributed by atoms with van der Waals surface area (Å²) in [6.45, 7) is 0. The van der Waals surface area contributed by atoms with Crippen LogP contribution in [0, 0.1) is 0 Å². The lowest BCUT2D eigenvalue weighted by molar-refractivity contribution is 1.28. The van der Waals surface area contributed by atoms with E-state index in [0.717, 1.165) is 28.1 Å². The summed E-state index contributed by atoms with van der Waals surface area (Å²) in [5, 5.41) is 2.42. The number of fused-ring (bicyclic) bond motifs is 1. The van der Waals surface area contributed by atoms with Crippen molar-refractivity contribution in [3.8, 4) is 33.4 Å². The summed E-state index contributed by atoms with van der Waals surface area (Å²) in [5.74, 6) is 0. The van der Waals surface area contributed by atoms with Crippen molar-refractivity contribution in [2.45, 2.75) is 0 Å². The summed E-state index contributed by atoms with van der Waals surface area (Å²) in [6, 6.07) is 49.8. The minimum Gasteiger partial charge on any atom is -0.311 e. The second kappa shape index (κ2) is 11.0. The molecule has 1 nitrogen and oxygen atoms in total. The summed E-state index contributed by atoms with van der Waals surface area (Å²) >= 11 is 0. The van der Waals surface area contributed by atoms with Gasteiger partial charge in [0, 0.05) is 17.1 Å². The van der Waals surface area contributed by atoms with E-state index in [1.54, 1.807) is 0 Å². The van der Waals surface area contributed by atoms with Gasteiger partial charge in [-0.05, 0) is 86.6 Å². The van der Waals surface area contributed by atoms with Gasteiger partial charge >= 0.3 is 0 Å². The zero-order valence-corrected chi connectivity index (χ0v) is 22.4. The molecule has 0 fully saturated rings. The summed E-state index contributed by atoms with van der Waals surface area (Å²) < 4.78 is 35.9. The molecule has 0 saturated carbocycles. The third kappa shape index (κ3) is 5.02. The molecule has 7 aromatic rings. The van der Waals surface area contributed by atoms with Crippen molar-refractivity contribution >= 4 is 27.8 Å². The maximum Gasteiger partial charge on any atom is 0.0645 e. The molecular weight excluding hydrogens is 494 g/mol. The molecule has 0 aromatic heterocycles. The van der Waals surface area contributed by atoms with Crippen LogP contribution in [0.1, 0.15) is 5.48 Å².